The zero-order valence-electron chi connectivity index (χ0n) is 14.8. The third-order valence-corrected chi connectivity index (χ3v) is 3.96. The lowest BCUT2D eigenvalue weighted by molar-refractivity contribution is 0.0601. The van der Waals surface area contributed by atoms with Crippen LogP contribution in [0.25, 0.3) is 5.69 Å². The number of esters is 1. The van der Waals surface area contributed by atoms with Crippen molar-refractivity contribution >= 4 is 29.5 Å². The van der Waals surface area contributed by atoms with Crippen molar-refractivity contribution in [1.82, 2.24) is 15.3 Å². The van der Waals surface area contributed by atoms with Gasteiger partial charge >= 0.3 is 5.97 Å². The molecule has 0 unspecified atom stereocenters. The molecule has 0 aliphatic carbocycles. The molecule has 132 valence electrons. The van der Waals surface area contributed by atoms with Gasteiger partial charge in [-0.1, -0.05) is 12.1 Å². The van der Waals surface area contributed by atoms with E-state index in [1.807, 2.05) is 49.6 Å². The van der Waals surface area contributed by atoms with Crippen molar-refractivity contribution in [3.8, 4) is 5.69 Å². The lowest BCUT2D eigenvalue weighted by atomic mass is 10.1. The fraction of sp³-hybridized carbons (Fsp3) is 0.278. The lowest BCUT2D eigenvalue weighted by Crippen LogP contribution is -2.31. The van der Waals surface area contributed by atoms with E-state index in [1.54, 1.807) is 12.3 Å². The number of rotatable bonds is 5. The number of hydrogen-bond acceptors (Lipinski definition) is 4. The number of nitrogens with zero attached hydrogens (tertiary/aromatic N) is 2. The Morgan fingerprint density at radius 1 is 1.36 bits per heavy atom. The van der Waals surface area contributed by atoms with Crippen LogP contribution in [0.1, 0.15) is 34.2 Å². The van der Waals surface area contributed by atoms with Gasteiger partial charge in [0, 0.05) is 23.5 Å². The van der Waals surface area contributed by atoms with E-state index < -0.39 is 0 Å². The first kappa shape index (κ1) is 18.7. The van der Waals surface area contributed by atoms with Crippen LogP contribution in [0.3, 0.4) is 0 Å². The van der Waals surface area contributed by atoms with Crippen molar-refractivity contribution in [2.45, 2.75) is 20.8 Å². The molecular weight excluding hydrogens is 336 g/mol. The second-order valence-corrected chi connectivity index (χ2v) is 5.81. The number of hydrazone groups is 1. The van der Waals surface area contributed by atoms with Crippen LogP contribution in [0.5, 0.6) is 0 Å². The molecule has 0 saturated heterocycles. The number of methoxy groups -OCH3 is 1. The summed E-state index contributed by atoms with van der Waals surface area (Å²) in [5.41, 5.74) is 6.96. The molecule has 1 aromatic carbocycles. The maximum absolute atomic E-state index is 12.1. The molecule has 0 bridgehead atoms. The number of carbonyl (C=O) groups is 1. The Kier molecular flexibility index (Phi) is 6.30. The molecule has 0 amide bonds. The van der Waals surface area contributed by atoms with E-state index in [1.165, 1.54) is 7.11 Å². The zero-order valence-corrected chi connectivity index (χ0v) is 15.6. The Morgan fingerprint density at radius 2 is 2.08 bits per heavy atom. The highest BCUT2D eigenvalue weighted by Gasteiger charge is 2.16. The maximum atomic E-state index is 12.1. The van der Waals surface area contributed by atoms with E-state index >= 15 is 0 Å². The van der Waals surface area contributed by atoms with Crippen LogP contribution in [0.15, 0.2) is 35.4 Å². The summed E-state index contributed by atoms with van der Waals surface area (Å²) < 4.78 is 6.90. The minimum atomic E-state index is -0.365. The van der Waals surface area contributed by atoms with E-state index in [2.05, 4.69) is 15.8 Å². The summed E-state index contributed by atoms with van der Waals surface area (Å²) in [6.07, 6.45) is 1.71. The molecule has 6 nitrogen and oxygen atoms in total. The molecule has 0 aliphatic rings. The molecule has 0 fully saturated rings. The molecule has 25 heavy (non-hydrogen) atoms. The third-order valence-electron chi connectivity index (χ3n) is 3.73. The highest BCUT2D eigenvalue weighted by Crippen LogP contribution is 2.23. The molecule has 0 saturated carbocycles. The van der Waals surface area contributed by atoms with Crippen LogP contribution in [0.4, 0.5) is 0 Å². The first-order valence-corrected chi connectivity index (χ1v) is 8.34. The van der Waals surface area contributed by atoms with E-state index in [9.17, 15) is 4.79 Å². The van der Waals surface area contributed by atoms with Gasteiger partial charge in [0.2, 0.25) is 0 Å². The summed E-state index contributed by atoms with van der Waals surface area (Å²) in [6, 6.07) is 9.36. The largest absolute Gasteiger partial charge is 0.465 e. The molecular formula is C18H22N4O2S. The number of carbonyl (C=O) groups excluding carboxylic acids is 1. The average Bonchev–Trinajstić information content (AvgIpc) is 2.88. The van der Waals surface area contributed by atoms with Crippen LogP contribution >= 0.6 is 12.2 Å². The van der Waals surface area contributed by atoms with Crippen LogP contribution in [-0.4, -0.2) is 35.5 Å². The molecule has 0 radical (unpaired) electrons. The molecule has 0 atom stereocenters. The van der Waals surface area contributed by atoms with Crippen LogP contribution in [0, 0.1) is 13.8 Å². The van der Waals surface area contributed by atoms with Gasteiger partial charge in [-0.2, -0.15) is 5.10 Å². The van der Waals surface area contributed by atoms with Gasteiger partial charge in [-0.05, 0) is 51.2 Å². The number of aryl methyl sites for hydroxylation is 1. The molecule has 1 heterocycles. The number of aromatic nitrogens is 1. The number of ether oxygens (including phenoxy) is 1. The topological polar surface area (TPSA) is 67.7 Å². The van der Waals surface area contributed by atoms with Crippen LogP contribution < -0.4 is 10.7 Å². The predicted molar refractivity (Wildman–Crippen MR) is 104 cm³/mol. The first-order chi connectivity index (χ1) is 12.0. The average molecular weight is 358 g/mol. The Bertz CT molecular complexity index is 811. The van der Waals surface area contributed by atoms with Crippen molar-refractivity contribution in [2.75, 3.05) is 13.7 Å². The summed E-state index contributed by atoms with van der Waals surface area (Å²) in [6.45, 7) is 6.66. The van der Waals surface area contributed by atoms with Crippen molar-refractivity contribution in [3.63, 3.8) is 0 Å². The smallest absolute Gasteiger partial charge is 0.339 e. The van der Waals surface area contributed by atoms with Crippen molar-refractivity contribution in [3.05, 3.63) is 52.8 Å². The number of hydrogen-bond donors (Lipinski definition) is 2. The normalized spacial score (nSPS) is 10.7. The molecule has 2 N–H and O–H groups in total. The van der Waals surface area contributed by atoms with Crippen molar-refractivity contribution in [1.29, 1.82) is 0 Å². The summed E-state index contributed by atoms with van der Waals surface area (Å²) in [4.78, 5) is 12.1. The standard InChI is InChI=1S/C18H22N4O2S/c1-5-19-18(25)21-20-11-14-10-12(2)22(13(14)3)16-9-7-6-8-15(16)17(23)24-4/h6-11H,5H2,1-4H3,(H2,19,21,25)/b20-11-. The van der Waals surface area contributed by atoms with Crippen molar-refractivity contribution in [2.24, 2.45) is 5.10 Å². The Labute approximate surface area is 152 Å². The number of nitrogens with one attached hydrogen (secondary N) is 2. The molecule has 0 aliphatic heterocycles. The van der Waals surface area contributed by atoms with E-state index in [0.717, 1.165) is 29.2 Å². The minimum absolute atomic E-state index is 0.365. The third kappa shape index (κ3) is 4.24. The fourth-order valence-electron chi connectivity index (χ4n) is 2.60. The molecule has 1 aromatic heterocycles. The Hall–Kier alpha value is -2.67. The molecule has 2 aromatic rings. The summed E-state index contributed by atoms with van der Waals surface area (Å²) in [5, 5.41) is 7.60. The van der Waals surface area contributed by atoms with Gasteiger partial charge in [-0.3, -0.25) is 5.43 Å². The number of thiocarbonyl (C=S) groups is 1. The predicted octanol–water partition coefficient (Wildman–Crippen LogP) is 2.70. The number of benzene rings is 1. The molecule has 2 rings (SSSR count). The van der Waals surface area contributed by atoms with E-state index in [0.29, 0.717) is 10.7 Å². The van der Waals surface area contributed by atoms with Gasteiger partial charge in [0.15, 0.2) is 5.11 Å². The molecule has 7 heteroatoms. The zero-order chi connectivity index (χ0) is 18.4. The second-order valence-electron chi connectivity index (χ2n) is 5.40. The van der Waals surface area contributed by atoms with Crippen LogP contribution in [-0.2, 0) is 4.74 Å². The van der Waals surface area contributed by atoms with Gasteiger partial charge < -0.3 is 14.6 Å². The van der Waals surface area contributed by atoms with Crippen molar-refractivity contribution < 1.29 is 9.53 Å². The van der Waals surface area contributed by atoms with Gasteiger partial charge in [0.05, 0.1) is 24.6 Å². The Balaban J connectivity index is 2.36. The highest BCUT2D eigenvalue weighted by molar-refractivity contribution is 7.80. The number of para-hydroxylation sites is 1. The van der Waals surface area contributed by atoms with Gasteiger partial charge in [0.1, 0.15) is 0 Å². The summed E-state index contributed by atoms with van der Waals surface area (Å²) in [7, 11) is 1.38. The van der Waals surface area contributed by atoms with E-state index in [4.69, 9.17) is 17.0 Å². The molecule has 0 spiro atoms. The highest BCUT2D eigenvalue weighted by atomic mass is 32.1. The lowest BCUT2D eigenvalue weighted by Gasteiger charge is -2.13. The Morgan fingerprint density at radius 3 is 2.76 bits per heavy atom. The first-order valence-electron chi connectivity index (χ1n) is 7.93. The van der Waals surface area contributed by atoms with Gasteiger partial charge in [-0.15, -0.1) is 0 Å². The van der Waals surface area contributed by atoms with Gasteiger partial charge in [-0.25, -0.2) is 4.79 Å². The van der Waals surface area contributed by atoms with Gasteiger partial charge in [0.25, 0.3) is 0 Å². The maximum Gasteiger partial charge on any atom is 0.339 e. The minimum Gasteiger partial charge on any atom is -0.465 e. The second kappa shape index (κ2) is 8.43. The monoisotopic (exact) mass is 358 g/mol. The summed E-state index contributed by atoms with van der Waals surface area (Å²) >= 11 is 5.08. The van der Waals surface area contributed by atoms with Crippen LogP contribution in [0.2, 0.25) is 0 Å². The van der Waals surface area contributed by atoms with E-state index in [-0.39, 0.29) is 5.97 Å². The quantitative estimate of drug-likeness (QED) is 0.372. The fourth-order valence-corrected chi connectivity index (χ4v) is 2.80. The SMILES string of the molecule is CCNC(=S)N/N=C\c1cc(C)n(-c2ccccc2C(=O)OC)c1C. The summed E-state index contributed by atoms with van der Waals surface area (Å²) in [5.74, 6) is -0.365.